The summed E-state index contributed by atoms with van der Waals surface area (Å²) in [5.41, 5.74) is 5.19. The van der Waals surface area contributed by atoms with E-state index in [0.29, 0.717) is 0 Å². The van der Waals surface area contributed by atoms with E-state index in [1.165, 1.54) is 5.69 Å². The van der Waals surface area contributed by atoms with Gasteiger partial charge in [0, 0.05) is 11.4 Å². The van der Waals surface area contributed by atoms with Crippen LogP contribution in [0.4, 0.5) is 0 Å². The van der Waals surface area contributed by atoms with Gasteiger partial charge in [0.25, 0.3) is 0 Å². The summed E-state index contributed by atoms with van der Waals surface area (Å²) in [4.78, 5) is 10.3. The molecule has 0 atom stereocenters. The standard InChI is InChI=1S/C16H19BBr2N4S/c1-5-16(17,6-2)10-7-8(3)20-14-11(9(4)22-23(10)14)12-13(18)21-15(19)24-12/h7H,5-6,17H2,1-4H3. The highest BCUT2D eigenvalue weighted by molar-refractivity contribution is 9.11. The molecule has 0 unspecified atom stereocenters. The molecule has 126 valence electrons. The molecule has 0 bridgehead atoms. The molecular weight excluding hydrogens is 451 g/mol. The number of hydrogen-bond acceptors (Lipinski definition) is 4. The van der Waals surface area contributed by atoms with Crippen LogP contribution in [0.5, 0.6) is 0 Å². The second kappa shape index (κ2) is 6.54. The molecule has 3 aromatic heterocycles. The lowest BCUT2D eigenvalue weighted by molar-refractivity contribution is 0.530. The van der Waals surface area contributed by atoms with E-state index in [4.69, 9.17) is 10.1 Å². The minimum Gasteiger partial charge on any atom is -0.233 e. The van der Waals surface area contributed by atoms with Crippen LogP contribution in [0.2, 0.25) is 0 Å². The van der Waals surface area contributed by atoms with Gasteiger partial charge in [-0.25, -0.2) is 14.5 Å². The molecule has 0 radical (unpaired) electrons. The summed E-state index contributed by atoms with van der Waals surface area (Å²) in [6.07, 6.45) is 2.12. The molecule has 0 amide bonds. The summed E-state index contributed by atoms with van der Waals surface area (Å²) in [5, 5.41) is 4.92. The maximum atomic E-state index is 4.84. The molecule has 0 aliphatic rings. The molecule has 3 rings (SSSR count). The maximum absolute atomic E-state index is 4.84. The van der Waals surface area contributed by atoms with E-state index in [2.05, 4.69) is 71.5 Å². The van der Waals surface area contributed by atoms with Crippen molar-refractivity contribution >= 4 is 56.7 Å². The van der Waals surface area contributed by atoms with Crippen molar-refractivity contribution in [1.82, 2.24) is 19.6 Å². The van der Waals surface area contributed by atoms with Gasteiger partial charge in [0.15, 0.2) is 9.56 Å². The van der Waals surface area contributed by atoms with Crippen LogP contribution in [0.15, 0.2) is 14.6 Å². The van der Waals surface area contributed by atoms with E-state index in [0.717, 1.165) is 48.8 Å². The predicted molar refractivity (Wildman–Crippen MR) is 110 cm³/mol. The predicted octanol–water partition coefficient (Wildman–Crippen LogP) is 4.64. The van der Waals surface area contributed by atoms with Gasteiger partial charge >= 0.3 is 0 Å². The molecule has 0 aliphatic heterocycles. The van der Waals surface area contributed by atoms with E-state index in [-0.39, 0.29) is 5.31 Å². The summed E-state index contributed by atoms with van der Waals surface area (Å²) >= 11 is 8.63. The molecule has 0 saturated heterocycles. The lowest BCUT2D eigenvalue weighted by Crippen LogP contribution is -2.28. The van der Waals surface area contributed by atoms with E-state index >= 15 is 0 Å². The Balaban J connectivity index is 2.37. The number of hydrogen-bond donors (Lipinski definition) is 0. The van der Waals surface area contributed by atoms with Gasteiger partial charge in [0.05, 0.1) is 16.1 Å². The van der Waals surface area contributed by atoms with Crippen molar-refractivity contribution in [2.24, 2.45) is 0 Å². The van der Waals surface area contributed by atoms with Gasteiger partial charge in [-0.05, 0) is 57.1 Å². The lowest BCUT2D eigenvalue weighted by atomic mass is 9.62. The van der Waals surface area contributed by atoms with E-state index < -0.39 is 0 Å². The van der Waals surface area contributed by atoms with Crippen molar-refractivity contribution in [3.05, 3.63) is 31.7 Å². The third-order valence-electron chi connectivity index (χ3n) is 4.86. The molecular formula is C16H19BBr2N4S. The average Bonchev–Trinajstić information content (AvgIpc) is 3.03. The number of aromatic nitrogens is 4. The Bertz CT molecular complexity index is 915. The fraction of sp³-hybridized carbons (Fsp3) is 0.438. The minimum atomic E-state index is 0.0766. The summed E-state index contributed by atoms with van der Waals surface area (Å²) in [7, 11) is 2.30. The number of fused-ring (bicyclic) bond motifs is 1. The lowest BCUT2D eigenvalue weighted by Gasteiger charge is -2.28. The number of nitrogens with zero attached hydrogens (tertiary/aromatic N) is 4. The monoisotopic (exact) mass is 468 g/mol. The maximum Gasteiger partial charge on any atom is 0.164 e. The Hall–Kier alpha value is -0.725. The third kappa shape index (κ3) is 2.86. The van der Waals surface area contributed by atoms with Gasteiger partial charge in [0.2, 0.25) is 0 Å². The summed E-state index contributed by atoms with van der Waals surface area (Å²) in [6.45, 7) is 8.57. The first-order valence-corrected chi connectivity index (χ1v) is 10.4. The Morgan fingerprint density at radius 3 is 2.42 bits per heavy atom. The molecule has 0 N–H and O–H groups in total. The fourth-order valence-electron chi connectivity index (χ4n) is 2.98. The first-order chi connectivity index (χ1) is 11.3. The van der Waals surface area contributed by atoms with Crippen LogP contribution in [0.25, 0.3) is 16.1 Å². The normalized spacial score (nSPS) is 12.2. The van der Waals surface area contributed by atoms with Crippen LogP contribution < -0.4 is 0 Å². The second-order valence-corrected chi connectivity index (χ2v) is 9.36. The smallest absolute Gasteiger partial charge is 0.164 e. The zero-order chi connectivity index (χ0) is 17.6. The Morgan fingerprint density at radius 2 is 1.88 bits per heavy atom. The van der Waals surface area contributed by atoms with Crippen LogP contribution in [-0.4, -0.2) is 27.4 Å². The molecule has 3 aromatic rings. The van der Waals surface area contributed by atoms with Crippen molar-refractivity contribution in [3.8, 4) is 10.4 Å². The summed E-state index contributed by atoms with van der Waals surface area (Å²) in [5.74, 6) is 0. The number of rotatable bonds is 4. The van der Waals surface area contributed by atoms with Gasteiger partial charge < -0.3 is 0 Å². The van der Waals surface area contributed by atoms with Crippen molar-refractivity contribution in [3.63, 3.8) is 0 Å². The molecule has 3 heterocycles. The van der Waals surface area contributed by atoms with E-state index in [1.54, 1.807) is 11.3 Å². The topological polar surface area (TPSA) is 43.1 Å². The molecule has 0 aliphatic carbocycles. The summed E-state index contributed by atoms with van der Waals surface area (Å²) < 4.78 is 3.71. The Labute approximate surface area is 163 Å². The molecule has 0 aromatic carbocycles. The van der Waals surface area contributed by atoms with Crippen LogP contribution in [0.1, 0.15) is 43.8 Å². The largest absolute Gasteiger partial charge is 0.233 e. The molecule has 0 spiro atoms. The second-order valence-electron chi connectivity index (χ2n) is 6.33. The average molecular weight is 470 g/mol. The van der Waals surface area contributed by atoms with Crippen LogP contribution >= 0.6 is 43.2 Å². The van der Waals surface area contributed by atoms with Crippen LogP contribution in [0, 0.1) is 13.8 Å². The van der Waals surface area contributed by atoms with Crippen molar-refractivity contribution < 1.29 is 0 Å². The molecule has 0 saturated carbocycles. The van der Waals surface area contributed by atoms with Gasteiger partial charge in [-0.15, -0.1) is 11.3 Å². The summed E-state index contributed by atoms with van der Waals surface area (Å²) in [6, 6.07) is 2.17. The SMILES string of the molecule is BC(CC)(CC)c1cc(C)nc2c(-c3sc(Br)nc3Br)c(C)nn12. The van der Waals surface area contributed by atoms with E-state index in [1.807, 2.05) is 11.4 Å². The third-order valence-corrected chi connectivity index (χ3v) is 7.22. The van der Waals surface area contributed by atoms with Gasteiger partial charge in [-0.2, -0.15) is 5.10 Å². The number of halogens is 2. The quantitative estimate of drug-likeness (QED) is 0.522. The van der Waals surface area contributed by atoms with Crippen molar-refractivity contribution in [1.29, 1.82) is 0 Å². The first kappa shape index (κ1) is 18.1. The number of aryl methyl sites for hydroxylation is 2. The highest BCUT2D eigenvalue weighted by Crippen LogP contribution is 2.40. The van der Waals surface area contributed by atoms with Crippen molar-refractivity contribution in [2.75, 3.05) is 0 Å². The molecule has 4 nitrogen and oxygen atoms in total. The highest BCUT2D eigenvalue weighted by atomic mass is 79.9. The minimum absolute atomic E-state index is 0.0766. The molecule has 8 heteroatoms. The Morgan fingerprint density at radius 1 is 1.21 bits per heavy atom. The van der Waals surface area contributed by atoms with Crippen molar-refractivity contribution in [2.45, 2.75) is 45.9 Å². The Kier molecular flexibility index (Phi) is 4.92. The zero-order valence-corrected chi connectivity index (χ0v) is 18.4. The van der Waals surface area contributed by atoms with Gasteiger partial charge in [-0.3, -0.25) is 0 Å². The highest BCUT2D eigenvalue weighted by Gasteiger charge is 2.29. The van der Waals surface area contributed by atoms with Crippen LogP contribution in [-0.2, 0) is 5.31 Å². The first-order valence-electron chi connectivity index (χ1n) is 8.00. The molecule has 24 heavy (non-hydrogen) atoms. The zero-order valence-electron chi connectivity index (χ0n) is 14.4. The molecule has 0 fully saturated rings. The number of thiazole rings is 1. The van der Waals surface area contributed by atoms with E-state index in [9.17, 15) is 0 Å². The van der Waals surface area contributed by atoms with Gasteiger partial charge in [0.1, 0.15) is 12.4 Å². The fourth-order valence-corrected chi connectivity index (χ4v) is 5.40. The van der Waals surface area contributed by atoms with Crippen LogP contribution in [0.3, 0.4) is 0 Å². The van der Waals surface area contributed by atoms with Gasteiger partial charge in [-0.1, -0.05) is 26.7 Å².